The lowest BCUT2D eigenvalue weighted by molar-refractivity contribution is -0.154. The Hall–Kier alpha value is -2.32. The summed E-state index contributed by atoms with van der Waals surface area (Å²) in [4.78, 5) is 44.8. The van der Waals surface area contributed by atoms with Crippen molar-refractivity contribution in [2.45, 2.75) is 69.0 Å². The van der Waals surface area contributed by atoms with Crippen molar-refractivity contribution in [2.24, 2.45) is 11.8 Å². The number of esters is 1. The van der Waals surface area contributed by atoms with E-state index >= 15 is 0 Å². The van der Waals surface area contributed by atoms with Gasteiger partial charge in [0.1, 0.15) is 6.04 Å². The number of carbonyl (C=O) groups excluding carboxylic acids is 3. The minimum Gasteiger partial charge on any atom is -0.466 e. The van der Waals surface area contributed by atoms with Crippen molar-refractivity contribution < 1.29 is 24.2 Å². The first-order chi connectivity index (χ1) is 16.7. The van der Waals surface area contributed by atoms with Crippen molar-refractivity contribution in [3.8, 4) is 0 Å². The summed E-state index contributed by atoms with van der Waals surface area (Å²) in [5.74, 6) is -1.93. The number of rotatable bonds is 9. The van der Waals surface area contributed by atoms with E-state index in [9.17, 15) is 19.5 Å². The first kappa shape index (κ1) is 25.8. The van der Waals surface area contributed by atoms with Crippen molar-refractivity contribution in [1.82, 2.24) is 4.90 Å². The standard InChI is InChI=1S/C27H36N2O5S/c1-6-13-28(19-14-16(4)9-10-17(19)5)25(32)23-27-12-11-20(35-27)21(26(33)34-8-3)22(27)24(31)29(23)18(7-2)15-30/h6,9-10,14,18,20-23,30H,1,7-8,11-13,15H2,2-5H3/t18-,20-,21+,22-,23?,27?/m0/s1. The van der Waals surface area contributed by atoms with E-state index in [-0.39, 0.29) is 36.2 Å². The monoisotopic (exact) mass is 500 g/mol. The Balaban J connectivity index is 1.83. The minimum absolute atomic E-state index is 0.0387. The third-order valence-electron chi connectivity index (χ3n) is 7.84. The zero-order valence-electron chi connectivity index (χ0n) is 21.0. The fourth-order valence-electron chi connectivity index (χ4n) is 6.28. The Morgan fingerprint density at radius 3 is 2.74 bits per heavy atom. The highest BCUT2D eigenvalue weighted by atomic mass is 32.2. The van der Waals surface area contributed by atoms with Crippen molar-refractivity contribution >= 4 is 35.2 Å². The van der Waals surface area contributed by atoms with Gasteiger partial charge in [0.25, 0.3) is 5.91 Å². The molecule has 0 aromatic heterocycles. The Kier molecular flexibility index (Phi) is 7.34. The number of aryl methyl sites for hydroxylation is 2. The number of aliphatic hydroxyl groups excluding tert-OH is 1. The molecule has 4 rings (SSSR count). The molecule has 1 N–H and O–H groups in total. The summed E-state index contributed by atoms with van der Waals surface area (Å²) in [5.41, 5.74) is 2.78. The van der Waals surface area contributed by atoms with Gasteiger partial charge >= 0.3 is 5.97 Å². The zero-order chi connectivity index (χ0) is 25.5. The quantitative estimate of drug-likeness (QED) is 0.414. The summed E-state index contributed by atoms with van der Waals surface area (Å²) >= 11 is 1.61. The van der Waals surface area contributed by atoms with E-state index in [2.05, 4.69) is 6.58 Å². The number of benzene rings is 1. The number of fused-ring (bicyclic) bond motifs is 1. The van der Waals surface area contributed by atoms with Crippen molar-refractivity contribution in [3.05, 3.63) is 42.0 Å². The maximum absolute atomic E-state index is 14.5. The number of amides is 2. The van der Waals surface area contributed by atoms with Gasteiger partial charge in [0, 0.05) is 17.5 Å². The topological polar surface area (TPSA) is 87.2 Å². The molecular weight excluding hydrogens is 464 g/mol. The molecule has 3 aliphatic rings. The van der Waals surface area contributed by atoms with Crippen LogP contribution in [0.2, 0.25) is 0 Å². The maximum atomic E-state index is 14.5. The van der Waals surface area contributed by atoms with Crippen LogP contribution in [0.1, 0.15) is 44.2 Å². The molecule has 1 spiro atoms. The lowest BCUT2D eigenvalue weighted by Gasteiger charge is -2.39. The zero-order valence-corrected chi connectivity index (χ0v) is 21.8. The van der Waals surface area contributed by atoms with Gasteiger partial charge in [0.05, 0.1) is 35.8 Å². The van der Waals surface area contributed by atoms with Crippen LogP contribution in [0.3, 0.4) is 0 Å². The maximum Gasteiger partial charge on any atom is 0.310 e. The van der Waals surface area contributed by atoms with Crippen LogP contribution in [-0.2, 0) is 19.1 Å². The van der Waals surface area contributed by atoms with Crippen LogP contribution in [0.15, 0.2) is 30.9 Å². The minimum atomic E-state index is -0.772. The molecule has 3 aliphatic heterocycles. The molecule has 35 heavy (non-hydrogen) atoms. The summed E-state index contributed by atoms with van der Waals surface area (Å²) < 4.78 is 4.67. The third-order valence-corrected chi connectivity index (χ3v) is 9.79. The molecule has 0 radical (unpaired) electrons. The second-order valence-electron chi connectivity index (χ2n) is 9.83. The Labute approximate surface area is 211 Å². The third kappa shape index (κ3) is 3.99. The lowest BCUT2D eigenvalue weighted by atomic mass is 9.71. The molecule has 3 saturated heterocycles. The van der Waals surface area contributed by atoms with Crippen LogP contribution >= 0.6 is 11.8 Å². The molecular formula is C27H36N2O5S. The van der Waals surface area contributed by atoms with Gasteiger partial charge < -0.3 is 19.6 Å². The van der Waals surface area contributed by atoms with Crippen LogP contribution < -0.4 is 4.90 Å². The summed E-state index contributed by atoms with van der Waals surface area (Å²) in [7, 11) is 0. The van der Waals surface area contributed by atoms with Crippen LogP contribution in [0.4, 0.5) is 5.69 Å². The molecule has 0 saturated carbocycles. The van der Waals surface area contributed by atoms with E-state index in [0.717, 1.165) is 23.2 Å². The van der Waals surface area contributed by atoms with Crippen LogP contribution in [0.5, 0.6) is 0 Å². The van der Waals surface area contributed by atoms with E-state index in [0.29, 0.717) is 19.4 Å². The van der Waals surface area contributed by atoms with E-state index in [1.165, 1.54) is 0 Å². The van der Waals surface area contributed by atoms with Gasteiger partial charge in [-0.2, -0.15) is 0 Å². The highest BCUT2D eigenvalue weighted by molar-refractivity contribution is 8.02. The predicted octanol–water partition coefficient (Wildman–Crippen LogP) is 3.25. The number of anilines is 1. The van der Waals surface area contributed by atoms with Gasteiger partial charge in [-0.05, 0) is 57.2 Å². The molecule has 3 heterocycles. The summed E-state index contributed by atoms with van der Waals surface area (Å²) in [5, 5.41) is 10.2. The lowest BCUT2D eigenvalue weighted by Crippen LogP contribution is -2.57. The first-order valence-electron chi connectivity index (χ1n) is 12.5. The van der Waals surface area contributed by atoms with Crippen LogP contribution in [0, 0.1) is 25.7 Å². The molecule has 1 aromatic rings. The number of ether oxygens (including phenoxy) is 1. The Bertz CT molecular complexity index is 1020. The second-order valence-corrected chi connectivity index (χ2v) is 11.4. The van der Waals surface area contributed by atoms with Gasteiger partial charge in [-0.15, -0.1) is 18.3 Å². The number of aliphatic hydroxyl groups is 1. The summed E-state index contributed by atoms with van der Waals surface area (Å²) in [6.07, 6.45) is 3.65. The van der Waals surface area contributed by atoms with Gasteiger partial charge in [-0.1, -0.05) is 25.1 Å². The fraction of sp³-hybridized carbons (Fsp3) is 0.593. The van der Waals surface area contributed by atoms with Crippen molar-refractivity contribution in [1.29, 1.82) is 0 Å². The SMILES string of the molecule is C=CCN(C(=O)C1N([C@@H](CC)CO)C(=O)[C@@H]2[C@H](C(=O)OCC)[C@@H]3CCC12S3)c1cc(C)ccc1C. The van der Waals surface area contributed by atoms with Gasteiger partial charge in [-0.3, -0.25) is 14.4 Å². The smallest absolute Gasteiger partial charge is 0.310 e. The highest BCUT2D eigenvalue weighted by Crippen LogP contribution is 2.67. The van der Waals surface area contributed by atoms with Crippen molar-refractivity contribution in [3.63, 3.8) is 0 Å². The predicted molar refractivity (Wildman–Crippen MR) is 137 cm³/mol. The van der Waals surface area contributed by atoms with E-state index in [4.69, 9.17) is 4.74 Å². The highest BCUT2D eigenvalue weighted by Gasteiger charge is 2.74. The number of hydrogen-bond donors (Lipinski definition) is 1. The number of nitrogens with zero attached hydrogens (tertiary/aromatic N) is 2. The molecule has 2 unspecified atom stereocenters. The second kappa shape index (κ2) is 9.97. The largest absolute Gasteiger partial charge is 0.466 e. The van der Waals surface area contributed by atoms with Crippen LogP contribution in [0.25, 0.3) is 0 Å². The van der Waals surface area contributed by atoms with Crippen molar-refractivity contribution in [2.75, 3.05) is 24.7 Å². The molecule has 1 aromatic carbocycles. The summed E-state index contributed by atoms with van der Waals surface area (Å²) in [6.45, 7) is 11.8. The van der Waals surface area contributed by atoms with E-state index in [1.807, 2.05) is 39.0 Å². The van der Waals surface area contributed by atoms with Gasteiger partial charge in [0.2, 0.25) is 5.91 Å². The molecule has 8 heteroatoms. The normalized spacial score (nSPS) is 29.7. The molecule has 2 bridgehead atoms. The number of likely N-dealkylation sites (tertiary alicyclic amines) is 1. The first-order valence-corrected chi connectivity index (χ1v) is 13.4. The Morgan fingerprint density at radius 1 is 1.37 bits per heavy atom. The molecule has 3 fully saturated rings. The number of thioether (sulfide) groups is 1. The Morgan fingerprint density at radius 2 is 2.11 bits per heavy atom. The number of carbonyl (C=O) groups is 3. The van der Waals surface area contributed by atoms with E-state index < -0.39 is 28.7 Å². The van der Waals surface area contributed by atoms with Gasteiger partial charge in [-0.25, -0.2) is 0 Å². The van der Waals surface area contributed by atoms with E-state index in [1.54, 1.807) is 34.6 Å². The average Bonchev–Trinajstić information content (AvgIpc) is 3.48. The van der Waals surface area contributed by atoms with Gasteiger partial charge in [0.15, 0.2) is 0 Å². The number of hydrogen-bond acceptors (Lipinski definition) is 6. The average molecular weight is 501 g/mol. The molecule has 0 aliphatic carbocycles. The van der Waals surface area contributed by atoms with Crippen LogP contribution in [-0.4, -0.2) is 69.6 Å². The summed E-state index contributed by atoms with van der Waals surface area (Å²) in [6, 6.07) is 4.71. The molecule has 6 atom stereocenters. The molecule has 190 valence electrons. The molecule has 7 nitrogen and oxygen atoms in total. The fourth-order valence-corrected chi connectivity index (χ4v) is 8.46. The molecule has 2 amide bonds.